The Balaban J connectivity index is 2.21. The topological polar surface area (TPSA) is 52.6 Å². The maximum Gasteiger partial charge on any atom is 0.320 e. The maximum absolute atomic E-state index is 11.2. The number of carbonyl (C=O) groups is 2. The normalized spacial score (nSPS) is 30.1. The van der Waals surface area contributed by atoms with Gasteiger partial charge in [0.1, 0.15) is 6.42 Å². The molecule has 4 nitrogen and oxygen atoms in total. The van der Waals surface area contributed by atoms with Crippen molar-refractivity contribution >= 4 is 11.9 Å². The predicted octanol–water partition coefficient (Wildman–Crippen LogP) is 1.72. The van der Waals surface area contributed by atoms with Gasteiger partial charge in [-0.25, -0.2) is 0 Å². The van der Waals surface area contributed by atoms with Crippen molar-refractivity contribution in [3.63, 3.8) is 0 Å². The summed E-state index contributed by atoms with van der Waals surface area (Å²) in [6, 6.07) is 0. The van der Waals surface area contributed by atoms with E-state index in [-0.39, 0.29) is 6.42 Å². The second-order valence-corrected chi connectivity index (χ2v) is 4.07. The first kappa shape index (κ1) is 10.9. The Morgan fingerprint density at radius 2 is 2.00 bits per heavy atom. The molecule has 0 amide bonds. The maximum atomic E-state index is 11.2. The Bertz CT molecular complexity index is 353. The SMILES string of the molecule is CCC1(C2OC(=O)CC(=O)O2)C=CC=CC1. The van der Waals surface area contributed by atoms with Crippen molar-refractivity contribution in [3.05, 3.63) is 24.3 Å². The number of cyclic esters (lactones) is 2. The first-order valence-electron chi connectivity index (χ1n) is 5.39. The molecule has 0 aromatic rings. The monoisotopic (exact) mass is 222 g/mol. The highest BCUT2D eigenvalue weighted by Gasteiger charge is 2.43. The van der Waals surface area contributed by atoms with Crippen molar-refractivity contribution in [1.29, 1.82) is 0 Å². The van der Waals surface area contributed by atoms with Gasteiger partial charge in [-0.1, -0.05) is 31.2 Å². The van der Waals surface area contributed by atoms with E-state index in [2.05, 4.69) is 0 Å². The van der Waals surface area contributed by atoms with Crippen molar-refractivity contribution in [1.82, 2.24) is 0 Å². The van der Waals surface area contributed by atoms with Crippen LogP contribution in [0.1, 0.15) is 26.2 Å². The first-order valence-corrected chi connectivity index (χ1v) is 5.39. The largest absolute Gasteiger partial charge is 0.424 e. The Labute approximate surface area is 93.9 Å². The number of hydrogen-bond donors (Lipinski definition) is 0. The lowest BCUT2D eigenvalue weighted by Gasteiger charge is -2.38. The number of carbonyl (C=O) groups excluding carboxylic acids is 2. The summed E-state index contributed by atoms with van der Waals surface area (Å²) in [5.41, 5.74) is -0.402. The summed E-state index contributed by atoms with van der Waals surface area (Å²) < 4.78 is 10.2. The van der Waals surface area contributed by atoms with E-state index in [0.717, 1.165) is 6.42 Å². The fraction of sp³-hybridized carbons (Fsp3) is 0.500. The summed E-state index contributed by atoms with van der Waals surface area (Å²) in [5, 5.41) is 0. The van der Waals surface area contributed by atoms with Crippen LogP contribution in [-0.2, 0) is 19.1 Å². The first-order chi connectivity index (χ1) is 7.66. The van der Waals surface area contributed by atoms with Crippen LogP contribution < -0.4 is 0 Å². The van der Waals surface area contributed by atoms with Crippen LogP contribution in [0.2, 0.25) is 0 Å². The van der Waals surface area contributed by atoms with Crippen molar-refractivity contribution in [2.45, 2.75) is 32.5 Å². The molecule has 1 fully saturated rings. The van der Waals surface area contributed by atoms with E-state index in [1.54, 1.807) is 0 Å². The van der Waals surface area contributed by atoms with E-state index in [0.29, 0.717) is 6.42 Å². The highest BCUT2D eigenvalue weighted by atomic mass is 16.7. The lowest BCUT2D eigenvalue weighted by Crippen LogP contribution is -2.44. The molecule has 1 aliphatic carbocycles. The van der Waals surface area contributed by atoms with Crippen molar-refractivity contribution < 1.29 is 19.1 Å². The molecule has 0 N–H and O–H groups in total. The van der Waals surface area contributed by atoms with Crippen molar-refractivity contribution in [3.8, 4) is 0 Å². The summed E-state index contributed by atoms with van der Waals surface area (Å²) >= 11 is 0. The molecule has 0 aromatic carbocycles. The predicted molar refractivity (Wildman–Crippen MR) is 56.2 cm³/mol. The quantitative estimate of drug-likeness (QED) is 0.527. The van der Waals surface area contributed by atoms with E-state index in [9.17, 15) is 9.59 Å². The number of hydrogen-bond acceptors (Lipinski definition) is 4. The van der Waals surface area contributed by atoms with E-state index in [1.165, 1.54) is 0 Å². The van der Waals surface area contributed by atoms with Gasteiger partial charge in [-0.15, -0.1) is 0 Å². The summed E-state index contributed by atoms with van der Waals surface area (Å²) in [6.45, 7) is 1.99. The highest BCUT2D eigenvalue weighted by molar-refractivity contribution is 5.92. The molecule has 86 valence electrons. The smallest absolute Gasteiger partial charge is 0.320 e. The summed E-state index contributed by atoms with van der Waals surface area (Å²) in [6.07, 6.45) is 8.15. The fourth-order valence-electron chi connectivity index (χ4n) is 1.98. The van der Waals surface area contributed by atoms with Crippen LogP contribution in [0.4, 0.5) is 0 Å². The number of rotatable bonds is 2. The molecule has 16 heavy (non-hydrogen) atoms. The second-order valence-electron chi connectivity index (χ2n) is 4.07. The van der Waals surface area contributed by atoms with Gasteiger partial charge < -0.3 is 9.47 Å². The molecule has 1 aliphatic heterocycles. The minimum atomic E-state index is -0.785. The van der Waals surface area contributed by atoms with Gasteiger partial charge in [-0.3, -0.25) is 9.59 Å². The molecule has 2 aliphatic rings. The van der Waals surface area contributed by atoms with E-state index >= 15 is 0 Å². The zero-order valence-corrected chi connectivity index (χ0v) is 9.14. The second kappa shape index (κ2) is 4.12. The lowest BCUT2D eigenvalue weighted by molar-refractivity contribution is -0.222. The Morgan fingerprint density at radius 3 is 2.50 bits per heavy atom. The van der Waals surface area contributed by atoms with Gasteiger partial charge in [-0.2, -0.15) is 0 Å². The zero-order chi connectivity index (χ0) is 11.6. The van der Waals surface area contributed by atoms with Gasteiger partial charge in [0, 0.05) is 0 Å². The average molecular weight is 222 g/mol. The molecule has 0 saturated carbocycles. The molecule has 0 aromatic heterocycles. The summed E-state index contributed by atoms with van der Waals surface area (Å²) in [5.74, 6) is -1.01. The van der Waals surface area contributed by atoms with E-state index in [1.807, 2.05) is 31.2 Å². The van der Waals surface area contributed by atoms with E-state index in [4.69, 9.17) is 9.47 Å². The minimum Gasteiger partial charge on any atom is -0.424 e. The molecule has 0 spiro atoms. The third kappa shape index (κ3) is 1.87. The summed E-state index contributed by atoms with van der Waals surface area (Å²) in [7, 11) is 0. The van der Waals surface area contributed by atoms with Crippen LogP contribution in [0.3, 0.4) is 0 Å². The van der Waals surface area contributed by atoms with Crippen molar-refractivity contribution in [2.75, 3.05) is 0 Å². The Kier molecular flexibility index (Phi) is 2.81. The van der Waals surface area contributed by atoms with Gasteiger partial charge in [0.25, 0.3) is 6.29 Å². The third-order valence-corrected chi connectivity index (χ3v) is 3.07. The average Bonchev–Trinajstić information content (AvgIpc) is 2.28. The standard InChI is InChI=1S/C12H14O4/c1-2-12(6-4-3-5-7-12)11-15-9(13)8-10(14)16-11/h3-6,11H,2,7-8H2,1H3. The van der Waals surface area contributed by atoms with Gasteiger partial charge in [0.15, 0.2) is 0 Å². The van der Waals surface area contributed by atoms with Gasteiger partial charge in [-0.05, 0) is 12.8 Å². The molecule has 0 radical (unpaired) electrons. The van der Waals surface area contributed by atoms with E-state index < -0.39 is 23.6 Å². The molecule has 1 atom stereocenters. The van der Waals surface area contributed by atoms with Crippen LogP contribution >= 0.6 is 0 Å². The van der Waals surface area contributed by atoms with Crippen LogP contribution in [0.15, 0.2) is 24.3 Å². The molecule has 0 bridgehead atoms. The number of esters is 2. The number of allylic oxidation sites excluding steroid dienone is 3. The minimum absolute atomic E-state index is 0.282. The Morgan fingerprint density at radius 1 is 1.31 bits per heavy atom. The van der Waals surface area contributed by atoms with Gasteiger partial charge in [0.05, 0.1) is 5.41 Å². The molecule has 1 saturated heterocycles. The zero-order valence-electron chi connectivity index (χ0n) is 9.14. The Hall–Kier alpha value is -1.58. The molecular weight excluding hydrogens is 208 g/mol. The van der Waals surface area contributed by atoms with Crippen molar-refractivity contribution in [2.24, 2.45) is 5.41 Å². The lowest BCUT2D eigenvalue weighted by atomic mass is 9.78. The van der Waals surface area contributed by atoms with Crippen LogP contribution in [0.25, 0.3) is 0 Å². The molecule has 2 rings (SSSR count). The molecule has 4 heteroatoms. The molecule has 1 unspecified atom stereocenters. The summed E-state index contributed by atoms with van der Waals surface area (Å²) in [4.78, 5) is 22.4. The molecular formula is C12H14O4. The number of ether oxygens (including phenoxy) is 2. The van der Waals surface area contributed by atoms with Gasteiger partial charge >= 0.3 is 11.9 Å². The molecule has 1 heterocycles. The highest BCUT2D eigenvalue weighted by Crippen LogP contribution is 2.39. The fourth-order valence-corrected chi connectivity index (χ4v) is 1.98. The van der Waals surface area contributed by atoms with Crippen LogP contribution in [0.5, 0.6) is 0 Å². The van der Waals surface area contributed by atoms with Crippen LogP contribution in [0, 0.1) is 5.41 Å². The van der Waals surface area contributed by atoms with Crippen LogP contribution in [-0.4, -0.2) is 18.2 Å². The van der Waals surface area contributed by atoms with Gasteiger partial charge in [0.2, 0.25) is 0 Å². The third-order valence-electron chi connectivity index (χ3n) is 3.07.